The first-order chi connectivity index (χ1) is 22.5. The number of carbonyl (C=O) groups is 2. The highest BCUT2D eigenvalue weighted by Gasteiger charge is 2.12. The minimum absolute atomic E-state index is 0.225. The molecule has 0 fully saturated rings. The Bertz CT molecular complexity index is 1340. The zero-order valence-corrected chi connectivity index (χ0v) is 28.2. The predicted octanol–water partition coefficient (Wildman–Crippen LogP) is 12.0. The molecule has 3 aromatic carbocycles. The van der Waals surface area contributed by atoms with Gasteiger partial charge in [-0.05, 0) is 80.1 Å². The van der Waals surface area contributed by atoms with Crippen molar-refractivity contribution < 1.29 is 23.8 Å². The summed E-state index contributed by atoms with van der Waals surface area (Å²) in [6.45, 7) is 5.01. The minimum atomic E-state index is -0.517. The number of rotatable bonds is 22. The van der Waals surface area contributed by atoms with Gasteiger partial charge in [0.05, 0.1) is 40.7 Å². The monoisotopic (exact) mass is 648 g/mol. The third-order valence-electron chi connectivity index (χ3n) is 7.63. The molecule has 3 aromatic rings. The molecule has 0 aromatic heterocycles. The predicted molar refractivity (Wildman–Crippen MR) is 185 cm³/mol. The fourth-order valence-electron chi connectivity index (χ4n) is 4.96. The molecule has 0 radical (unpaired) electrons. The van der Waals surface area contributed by atoms with Gasteiger partial charge in [0.1, 0.15) is 11.5 Å². The Morgan fingerprint density at radius 2 is 1.11 bits per heavy atom. The van der Waals surface area contributed by atoms with E-state index in [0.29, 0.717) is 35.7 Å². The molecule has 0 aliphatic rings. The number of halogens is 1. The highest BCUT2D eigenvalue weighted by atomic mass is 35.5. The lowest BCUT2D eigenvalue weighted by molar-refractivity contribution is 0.0526. The molecular weight excluding hydrogens is 600 g/mol. The average molecular weight is 649 g/mol. The molecule has 0 amide bonds. The largest absolute Gasteiger partial charge is 0.494 e. The second-order valence-electron chi connectivity index (χ2n) is 11.4. The number of ether oxygens (including phenoxy) is 3. The summed E-state index contributed by atoms with van der Waals surface area (Å²) in [6, 6.07) is 18.3. The lowest BCUT2D eigenvalue weighted by atomic mass is 10.0. The maximum Gasteiger partial charge on any atom is 0.343 e. The Morgan fingerprint density at radius 3 is 1.67 bits per heavy atom. The zero-order chi connectivity index (χ0) is 32.8. The highest BCUT2D eigenvalue weighted by Crippen LogP contribution is 2.31. The topological polar surface area (TPSA) is 86.5 Å². The van der Waals surface area contributed by atoms with Crippen LogP contribution in [0.1, 0.15) is 124 Å². The Labute approximate surface area is 279 Å². The van der Waals surface area contributed by atoms with Crippen LogP contribution < -0.4 is 9.47 Å². The summed E-state index contributed by atoms with van der Waals surface area (Å²) >= 11 is 6.36. The van der Waals surface area contributed by atoms with Crippen molar-refractivity contribution in [3.8, 4) is 11.5 Å². The molecule has 46 heavy (non-hydrogen) atoms. The zero-order valence-electron chi connectivity index (χ0n) is 27.5. The fraction of sp³-hybridized carbons (Fsp3) is 0.474. The number of nitrogens with zero attached hydrogens (tertiary/aromatic N) is 2. The van der Waals surface area contributed by atoms with Gasteiger partial charge in [0, 0.05) is 0 Å². The smallest absolute Gasteiger partial charge is 0.343 e. The molecule has 0 N–H and O–H groups in total. The van der Waals surface area contributed by atoms with Crippen LogP contribution in [0.4, 0.5) is 11.4 Å². The second kappa shape index (κ2) is 21.9. The minimum Gasteiger partial charge on any atom is -0.494 e. The van der Waals surface area contributed by atoms with E-state index in [-0.39, 0.29) is 16.7 Å². The molecule has 248 valence electrons. The number of carbonyl (C=O) groups excluding carboxylic acids is 2. The van der Waals surface area contributed by atoms with E-state index in [1.54, 1.807) is 73.7 Å². The van der Waals surface area contributed by atoms with Gasteiger partial charge in [-0.25, -0.2) is 9.59 Å². The summed E-state index contributed by atoms with van der Waals surface area (Å²) in [4.78, 5) is 24.5. The number of unbranched alkanes of at least 4 members (excludes halogenated alkanes) is 13. The van der Waals surface area contributed by atoms with Crippen molar-refractivity contribution in [1.82, 2.24) is 0 Å². The van der Waals surface area contributed by atoms with Crippen LogP contribution in [0.3, 0.4) is 0 Å². The molecule has 0 aliphatic heterocycles. The number of benzene rings is 3. The number of azo groups is 1. The maximum absolute atomic E-state index is 12.7. The average Bonchev–Trinajstić information content (AvgIpc) is 3.07. The molecule has 0 heterocycles. The first kappa shape index (κ1) is 36.8. The van der Waals surface area contributed by atoms with Gasteiger partial charge in [0.25, 0.3) is 0 Å². The van der Waals surface area contributed by atoms with Crippen LogP contribution in [-0.4, -0.2) is 25.2 Å². The van der Waals surface area contributed by atoms with Crippen LogP contribution in [0.25, 0.3) is 0 Å². The van der Waals surface area contributed by atoms with E-state index < -0.39 is 5.97 Å². The summed E-state index contributed by atoms with van der Waals surface area (Å²) in [5.41, 5.74) is 1.89. The van der Waals surface area contributed by atoms with E-state index >= 15 is 0 Å². The third-order valence-corrected chi connectivity index (χ3v) is 7.93. The maximum atomic E-state index is 12.7. The highest BCUT2D eigenvalue weighted by molar-refractivity contribution is 6.32. The van der Waals surface area contributed by atoms with Gasteiger partial charge in [-0.15, -0.1) is 0 Å². The van der Waals surface area contributed by atoms with Crippen molar-refractivity contribution in [3.63, 3.8) is 0 Å². The van der Waals surface area contributed by atoms with Crippen LogP contribution in [0.2, 0.25) is 5.02 Å². The second-order valence-corrected chi connectivity index (χ2v) is 11.8. The molecule has 0 bridgehead atoms. The Hall–Kier alpha value is -3.71. The molecule has 0 spiro atoms. The van der Waals surface area contributed by atoms with Gasteiger partial charge >= 0.3 is 11.9 Å². The molecular formula is C38H49ClN2O5. The van der Waals surface area contributed by atoms with Gasteiger partial charge in [0.15, 0.2) is 0 Å². The number of hydrogen-bond acceptors (Lipinski definition) is 7. The van der Waals surface area contributed by atoms with E-state index in [4.69, 9.17) is 25.8 Å². The standard InChI is InChI=1S/C38H49ClN2O5/c1-3-5-6-7-8-9-10-11-12-13-14-15-16-17-28-45-34-25-20-31(21-26-34)38(43)46-36-27-24-33(29-35(36)39)41-40-32-22-18-30(19-23-32)37(42)44-4-2/h18-27,29H,3-17,28H2,1-2H3. The Morgan fingerprint density at radius 1 is 0.609 bits per heavy atom. The van der Waals surface area contributed by atoms with Crippen LogP contribution in [0.15, 0.2) is 77.0 Å². The van der Waals surface area contributed by atoms with Crippen molar-refractivity contribution >= 4 is 34.9 Å². The lowest BCUT2D eigenvalue weighted by Gasteiger charge is -2.09. The van der Waals surface area contributed by atoms with Gasteiger partial charge < -0.3 is 14.2 Å². The summed E-state index contributed by atoms with van der Waals surface area (Å²) in [6.07, 6.45) is 18.6. The van der Waals surface area contributed by atoms with Gasteiger partial charge in [-0.3, -0.25) is 0 Å². The molecule has 0 unspecified atom stereocenters. The lowest BCUT2D eigenvalue weighted by Crippen LogP contribution is -2.08. The van der Waals surface area contributed by atoms with E-state index in [9.17, 15) is 9.59 Å². The molecule has 7 nitrogen and oxygen atoms in total. The fourth-order valence-corrected chi connectivity index (χ4v) is 5.17. The van der Waals surface area contributed by atoms with E-state index in [1.165, 1.54) is 83.5 Å². The first-order valence-corrected chi connectivity index (χ1v) is 17.3. The van der Waals surface area contributed by atoms with E-state index in [2.05, 4.69) is 17.2 Å². The SMILES string of the molecule is CCCCCCCCCCCCCCCCOc1ccc(C(=O)Oc2ccc(N=Nc3ccc(C(=O)OCC)cc3)cc2Cl)cc1. The van der Waals surface area contributed by atoms with Gasteiger partial charge in [-0.2, -0.15) is 10.2 Å². The molecule has 0 aliphatic carbocycles. The van der Waals surface area contributed by atoms with Gasteiger partial charge in [0.2, 0.25) is 0 Å². The van der Waals surface area contributed by atoms with E-state index in [0.717, 1.165) is 12.2 Å². The van der Waals surface area contributed by atoms with Crippen molar-refractivity contribution in [3.05, 3.63) is 82.9 Å². The van der Waals surface area contributed by atoms with Crippen molar-refractivity contribution in [2.45, 2.75) is 104 Å². The van der Waals surface area contributed by atoms with E-state index in [1.807, 2.05) is 0 Å². The Balaban J connectivity index is 1.30. The number of hydrogen-bond donors (Lipinski definition) is 0. The molecule has 3 rings (SSSR count). The summed E-state index contributed by atoms with van der Waals surface area (Å²) in [7, 11) is 0. The molecule has 0 saturated heterocycles. The quantitative estimate of drug-likeness (QED) is 0.0468. The summed E-state index contributed by atoms with van der Waals surface area (Å²) in [5, 5.41) is 8.58. The molecule has 0 atom stereocenters. The molecule has 8 heteroatoms. The Kier molecular flexibility index (Phi) is 17.5. The normalized spacial score (nSPS) is 11.1. The van der Waals surface area contributed by atoms with Gasteiger partial charge in [-0.1, -0.05) is 102 Å². The van der Waals surface area contributed by atoms with Crippen molar-refractivity contribution in [2.24, 2.45) is 10.2 Å². The summed E-state index contributed by atoms with van der Waals surface area (Å²) in [5.74, 6) is 0.0520. The van der Waals surface area contributed by atoms with Crippen LogP contribution in [0, 0.1) is 0 Å². The number of esters is 2. The third kappa shape index (κ3) is 14.2. The molecule has 0 saturated carbocycles. The van der Waals surface area contributed by atoms with Crippen LogP contribution >= 0.6 is 11.6 Å². The van der Waals surface area contributed by atoms with Crippen molar-refractivity contribution in [1.29, 1.82) is 0 Å². The van der Waals surface area contributed by atoms with Crippen LogP contribution in [0.5, 0.6) is 11.5 Å². The first-order valence-electron chi connectivity index (χ1n) is 16.9. The van der Waals surface area contributed by atoms with Crippen molar-refractivity contribution in [2.75, 3.05) is 13.2 Å². The summed E-state index contributed by atoms with van der Waals surface area (Å²) < 4.78 is 16.4. The van der Waals surface area contributed by atoms with Crippen LogP contribution in [-0.2, 0) is 4.74 Å².